The van der Waals surface area contributed by atoms with Gasteiger partial charge < -0.3 is 9.13 Å². The summed E-state index contributed by atoms with van der Waals surface area (Å²) >= 11 is 0. The first kappa shape index (κ1) is 9.89. The van der Waals surface area contributed by atoms with Gasteiger partial charge in [-0.2, -0.15) is 0 Å². The lowest BCUT2D eigenvalue weighted by Gasteiger charge is -2.06. The van der Waals surface area contributed by atoms with Crippen molar-refractivity contribution in [2.75, 3.05) is 0 Å². The van der Waals surface area contributed by atoms with E-state index in [9.17, 15) is 0 Å². The monoisotopic (exact) mass is 205 g/mol. The Kier molecular flexibility index (Phi) is 3.11. The van der Waals surface area contributed by atoms with Crippen LogP contribution in [0.5, 0.6) is 0 Å². The van der Waals surface area contributed by atoms with Crippen molar-refractivity contribution in [2.24, 2.45) is 0 Å². The highest BCUT2D eigenvalue weighted by molar-refractivity contribution is 4.91. The van der Waals surface area contributed by atoms with Crippen molar-refractivity contribution in [3.05, 3.63) is 30.9 Å². The summed E-state index contributed by atoms with van der Waals surface area (Å²) in [6, 6.07) is 0. The van der Waals surface area contributed by atoms with Crippen molar-refractivity contribution in [1.29, 1.82) is 0 Å². The summed E-state index contributed by atoms with van der Waals surface area (Å²) in [6.45, 7) is 4.08. The van der Waals surface area contributed by atoms with Crippen LogP contribution in [0.4, 0.5) is 0 Å². The highest BCUT2D eigenvalue weighted by Gasteiger charge is 1.99. The quantitative estimate of drug-likeness (QED) is 0.735. The van der Waals surface area contributed by atoms with Gasteiger partial charge in [0.05, 0.1) is 0 Å². The molecule has 0 bridgehead atoms. The molecule has 0 saturated heterocycles. The maximum Gasteiger partial charge on any atom is 0.119 e. The zero-order valence-corrected chi connectivity index (χ0v) is 8.87. The summed E-state index contributed by atoms with van der Waals surface area (Å²) in [5.74, 6) is 1.15. The Hall–Kier alpha value is -1.65. The molecule has 0 aromatic carbocycles. The highest BCUT2D eigenvalue weighted by atomic mass is 15.2. The van der Waals surface area contributed by atoms with E-state index in [4.69, 9.17) is 0 Å². The summed E-state index contributed by atoms with van der Waals surface area (Å²) < 4.78 is 4.19. The molecule has 0 spiro atoms. The van der Waals surface area contributed by atoms with Crippen LogP contribution in [-0.4, -0.2) is 24.3 Å². The molecule has 15 heavy (non-hydrogen) atoms. The molecule has 0 atom stereocenters. The third-order valence-electron chi connectivity index (χ3n) is 2.40. The van der Waals surface area contributed by atoms with Crippen LogP contribution >= 0.6 is 0 Å². The molecule has 2 aromatic heterocycles. The van der Waals surface area contributed by atoms with Crippen molar-refractivity contribution < 1.29 is 0 Å². The van der Waals surface area contributed by atoms with E-state index in [1.54, 1.807) is 12.7 Å². The standard InChI is InChI=1S/C10H15N5/c1-2-10-11-4-7-15(10)6-3-5-14-8-12-13-9-14/h4,7-9H,2-3,5-6H2,1H3. The van der Waals surface area contributed by atoms with Gasteiger partial charge in [0.1, 0.15) is 18.5 Å². The maximum atomic E-state index is 4.28. The predicted octanol–water partition coefficient (Wildman–Crippen LogP) is 1.13. The third-order valence-corrected chi connectivity index (χ3v) is 2.40. The van der Waals surface area contributed by atoms with Gasteiger partial charge in [-0.1, -0.05) is 6.92 Å². The van der Waals surface area contributed by atoms with Gasteiger partial charge in [0.15, 0.2) is 0 Å². The Morgan fingerprint density at radius 1 is 1.20 bits per heavy atom. The average molecular weight is 205 g/mol. The number of hydrogen-bond acceptors (Lipinski definition) is 3. The molecule has 2 heterocycles. The molecule has 0 unspecified atom stereocenters. The van der Waals surface area contributed by atoms with Gasteiger partial charge in [0.2, 0.25) is 0 Å². The topological polar surface area (TPSA) is 48.5 Å². The lowest BCUT2D eigenvalue weighted by atomic mass is 10.4. The number of aryl methyl sites for hydroxylation is 3. The van der Waals surface area contributed by atoms with Gasteiger partial charge in [-0.3, -0.25) is 0 Å². The van der Waals surface area contributed by atoms with E-state index in [1.807, 2.05) is 17.0 Å². The Morgan fingerprint density at radius 3 is 2.73 bits per heavy atom. The van der Waals surface area contributed by atoms with Gasteiger partial charge in [-0.05, 0) is 6.42 Å². The van der Waals surface area contributed by atoms with Crippen molar-refractivity contribution in [1.82, 2.24) is 24.3 Å². The fourth-order valence-electron chi connectivity index (χ4n) is 1.62. The zero-order valence-electron chi connectivity index (χ0n) is 8.87. The molecule has 80 valence electrons. The largest absolute Gasteiger partial charge is 0.335 e. The molecule has 0 fully saturated rings. The van der Waals surface area contributed by atoms with Gasteiger partial charge in [-0.15, -0.1) is 10.2 Å². The van der Waals surface area contributed by atoms with Crippen LogP contribution in [0.2, 0.25) is 0 Å². The summed E-state index contributed by atoms with van der Waals surface area (Å²) in [5.41, 5.74) is 0. The molecule has 0 N–H and O–H groups in total. The Bertz CT molecular complexity index is 390. The molecule has 0 radical (unpaired) electrons. The first-order valence-electron chi connectivity index (χ1n) is 5.22. The van der Waals surface area contributed by atoms with E-state index in [0.29, 0.717) is 0 Å². The van der Waals surface area contributed by atoms with Crippen molar-refractivity contribution in [2.45, 2.75) is 32.9 Å². The third kappa shape index (κ3) is 2.43. The number of imidazole rings is 1. The second-order valence-corrected chi connectivity index (χ2v) is 3.44. The Morgan fingerprint density at radius 2 is 2.00 bits per heavy atom. The van der Waals surface area contributed by atoms with Crippen LogP contribution in [0.15, 0.2) is 25.0 Å². The smallest absolute Gasteiger partial charge is 0.119 e. The minimum atomic E-state index is 0.953. The van der Waals surface area contributed by atoms with Crippen molar-refractivity contribution in [3.63, 3.8) is 0 Å². The molecule has 2 aromatic rings. The first-order chi connectivity index (χ1) is 7.40. The minimum absolute atomic E-state index is 0.953. The lowest BCUT2D eigenvalue weighted by molar-refractivity contribution is 0.549. The molecule has 0 aliphatic rings. The summed E-state index contributed by atoms with van der Waals surface area (Å²) in [6.07, 6.45) is 9.44. The molecule has 0 saturated carbocycles. The highest BCUT2D eigenvalue weighted by Crippen LogP contribution is 2.01. The van der Waals surface area contributed by atoms with Crippen LogP contribution in [0.3, 0.4) is 0 Å². The van der Waals surface area contributed by atoms with Gasteiger partial charge in [-0.25, -0.2) is 4.98 Å². The normalized spacial score (nSPS) is 10.7. The first-order valence-corrected chi connectivity index (χ1v) is 5.22. The summed E-state index contributed by atoms with van der Waals surface area (Å²) in [5, 5.41) is 7.53. The van der Waals surface area contributed by atoms with E-state index >= 15 is 0 Å². The number of aromatic nitrogens is 5. The van der Waals surface area contributed by atoms with Gasteiger partial charge in [0.25, 0.3) is 0 Å². The predicted molar refractivity (Wildman–Crippen MR) is 56.2 cm³/mol. The molecule has 2 rings (SSSR count). The molecular weight excluding hydrogens is 190 g/mol. The number of nitrogens with zero attached hydrogens (tertiary/aromatic N) is 5. The van der Waals surface area contributed by atoms with E-state index in [2.05, 4.69) is 26.7 Å². The number of hydrogen-bond donors (Lipinski definition) is 0. The second-order valence-electron chi connectivity index (χ2n) is 3.44. The van der Waals surface area contributed by atoms with E-state index in [-0.39, 0.29) is 0 Å². The maximum absolute atomic E-state index is 4.28. The summed E-state index contributed by atoms with van der Waals surface area (Å²) in [7, 11) is 0. The van der Waals surface area contributed by atoms with Crippen LogP contribution in [0, 0.1) is 0 Å². The number of rotatable bonds is 5. The molecule has 0 aliphatic carbocycles. The van der Waals surface area contributed by atoms with Crippen molar-refractivity contribution in [3.8, 4) is 0 Å². The average Bonchev–Trinajstić information content (AvgIpc) is 2.88. The molecular formula is C10H15N5. The van der Waals surface area contributed by atoms with Gasteiger partial charge in [0, 0.05) is 31.9 Å². The minimum Gasteiger partial charge on any atom is -0.335 e. The zero-order chi connectivity index (χ0) is 10.5. The fraction of sp³-hybridized carbons (Fsp3) is 0.500. The van der Waals surface area contributed by atoms with Gasteiger partial charge >= 0.3 is 0 Å². The summed E-state index contributed by atoms with van der Waals surface area (Å²) in [4.78, 5) is 4.28. The van der Waals surface area contributed by atoms with Crippen LogP contribution in [0.1, 0.15) is 19.2 Å². The lowest BCUT2D eigenvalue weighted by Crippen LogP contribution is -2.05. The van der Waals surface area contributed by atoms with Crippen LogP contribution in [-0.2, 0) is 19.5 Å². The molecule has 0 aliphatic heterocycles. The van der Waals surface area contributed by atoms with Crippen molar-refractivity contribution >= 4 is 0 Å². The van der Waals surface area contributed by atoms with Crippen LogP contribution in [0.25, 0.3) is 0 Å². The van der Waals surface area contributed by atoms with E-state index in [1.165, 1.54) is 0 Å². The second kappa shape index (κ2) is 4.72. The SMILES string of the molecule is CCc1nccn1CCCn1cnnc1. The van der Waals surface area contributed by atoms with E-state index < -0.39 is 0 Å². The van der Waals surface area contributed by atoms with Crippen LogP contribution < -0.4 is 0 Å². The molecule has 0 amide bonds. The Balaban J connectivity index is 1.83. The Labute approximate surface area is 88.8 Å². The molecule has 5 heteroatoms. The van der Waals surface area contributed by atoms with E-state index in [0.717, 1.165) is 31.8 Å². The molecule has 5 nitrogen and oxygen atoms in total. The fourth-order valence-corrected chi connectivity index (χ4v) is 1.62.